The summed E-state index contributed by atoms with van der Waals surface area (Å²) in [5.41, 5.74) is 5.88. The van der Waals surface area contributed by atoms with Gasteiger partial charge in [-0.15, -0.1) is 0 Å². The molecule has 0 saturated heterocycles. The standard InChI is InChI=1S/C24H40N4O6/c1-24(2,3)34-23(32)28(17-9-13-25)16-8-7-15-27(22(30)31)18-10-14-26-21(29)33-19-20-11-5-4-6-12-20/h4-6,11-12H,7-10,13-19,25H2,1-3H3,(H,26,29)(H,30,31). The Morgan fingerprint density at radius 3 is 2.12 bits per heavy atom. The van der Waals surface area contributed by atoms with Crippen molar-refractivity contribution in [3.05, 3.63) is 35.9 Å². The number of nitrogens with two attached hydrogens (primary N) is 1. The highest BCUT2D eigenvalue weighted by molar-refractivity contribution is 5.68. The zero-order valence-corrected chi connectivity index (χ0v) is 20.6. The highest BCUT2D eigenvalue weighted by Gasteiger charge is 2.21. The number of rotatable bonds is 14. The molecular weight excluding hydrogens is 440 g/mol. The summed E-state index contributed by atoms with van der Waals surface area (Å²) >= 11 is 0. The van der Waals surface area contributed by atoms with Gasteiger partial charge < -0.3 is 35.4 Å². The van der Waals surface area contributed by atoms with Crippen LogP contribution < -0.4 is 11.1 Å². The molecule has 0 heterocycles. The van der Waals surface area contributed by atoms with Crippen LogP contribution in [0.5, 0.6) is 0 Å². The van der Waals surface area contributed by atoms with Gasteiger partial charge in [0.2, 0.25) is 0 Å². The molecule has 0 fully saturated rings. The van der Waals surface area contributed by atoms with Gasteiger partial charge in [-0.1, -0.05) is 30.3 Å². The molecule has 34 heavy (non-hydrogen) atoms. The van der Waals surface area contributed by atoms with E-state index in [2.05, 4.69) is 5.32 Å². The van der Waals surface area contributed by atoms with Crippen molar-refractivity contribution < 1.29 is 29.0 Å². The van der Waals surface area contributed by atoms with E-state index < -0.39 is 17.8 Å². The number of unbranched alkanes of at least 4 members (excludes halogenated alkanes) is 1. The molecule has 0 bridgehead atoms. The smallest absolute Gasteiger partial charge is 0.410 e. The van der Waals surface area contributed by atoms with Crippen LogP contribution >= 0.6 is 0 Å². The minimum atomic E-state index is -1.02. The van der Waals surface area contributed by atoms with E-state index in [0.717, 1.165) is 5.56 Å². The molecule has 0 unspecified atom stereocenters. The van der Waals surface area contributed by atoms with Crippen LogP contribution in [-0.2, 0) is 16.1 Å². The molecule has 0 aromatic heterocycles. The van der Waals surface area contributed by atoms with E-state index >= 15 is 0 Å². The van der Waals surface area contributed by atoms with Gasteiger partial charge >= 0.3 is 18.3 Å². The van der Waals surface area contributed by atoms with Crippen molar-refractivity contribution in [2.24, 2.45) is 5.73 Å². The van der Waals surface area contributed by atoms with Crippen molar-refractivity contribution in [1.29, 1.82) is 0 Å². The molecule has 0 spiro atoms. The van der Waals surface area contributed by atoms with E-state index in [4.69, 9.17) is 15.2 Å². The van der Waals surface area contributed by atoms with E-state index in [1.54, 1.807) is 4.90 Å². The maximum Gasteiger partial charge on any atom is 0.410 e. The number of benzene rings is 1. The van der Waals surface area contributed by atoms with Crippen molar-refractivity contribution >= 4 is 18.3 Å². The summed E-state index contributed by atoms with van der Waals surface area (Å²) in [5.74, 6) is 0. The number of nitrogens with one attached hydrogen (secondary N) is 1. The van der Waals surface area contributed by atoms with Gasteiger partial charge in [0.05, 0.1) is 0 Å². The Labute approximate surface area is 202 Å². The molecule has 0 aliphatic carbocycles. The van der Waals surface area contributed by atoms with Crippen molar-refractivity contribution in [3.8, 4) is 0 Å². The quantitative estimate of drug-likeness (QED) is 0.346. The van der Waals surface area contributed by atoms with Crippen LogP contribution in [0.1, 0.15) is 52.0 Å². The summed E-state index contributed by atoms with van der Waals surface area (Å²) < 4.78 is 10.6. The maximum absolute atomic E-state index is 12.4. The lowest BCUT2D eigenvalue weighted by Crippen LogP contribution is -2.39. The lowest BCUT2D eigenvalue weighted by atomic mass is 10.2. The molecule has 10 nitrogen and oxygen atoms in total. The average Bonchev–Trinajstić information content (AvgIpc) is 2.77. The van der Waals surface area contributed by atoms with Crippen LogP contribution in [-0.4, -0.2) is 78.1 Å². The summed E-state index contributed by atoms with van der Waals surface area (Å²) in [6.45, 7) is 8.00. The van der Waals surface area contributed by atoms with Crippen molar-refractivity contribution in [3.63, 3.8) is 0 Å². The third kappa shape index (κ3) is 13.5. The number of amides is 3. The molecule has 0 aliphatic rings. The first-order valence-corrected chi connectivity index (χ1v) is 11.7. The van der Waals surface area contributed by atoms with Crippen molar-refractivity contribution in [1.82, 2.24) is 15.1 Å². The zero-order valence-electron chi connectivity index (χ0n) is 20.6. The van der Waals surface area contributed by atoms with Gasteiger partial charge in [0.1, 0.15) is 12.2 Å². The highest BCUT2D eigenvalue weighted by atomic mass is 16.6. The fraction of sp³-hybridized carbons (Fsp3) is 0.625. The fourth-order valence-corrected chi connectivity index (χ4v) is 3.05. The average molecular weight is 481 g/mol. The number of hydrogen-bond acceptors (Lipinski definition) is 6. The zero-order chi connectivity index (χ0) is 25.4. The summed E-state index contributed by atoms with van der Waals surface area (Å²) in [5, 5.41) is 12.1. The number of hydrogen-bond donors (Lipinski definition) is 3. The van der Waals surface area contributed by atoms with Gasteiger partial charge in [-0.3, -0.25) is 0 Å². The van der Waals surface area contributed by atoms with E-state index in [0.29, 0.717) is 58.4 Å². The summed E-state index contributed by atoms with van der Waals surface area (Å²) in [6.07, 6.45) is 0.429. The lowest BCUT2D eigenvalue weighted by molar-refractivity contribution is 0.0244. The third-order valence-electron chi connectivity index (χ3n) is 4.75. The van der Waals surface area contributed by atoms with E-state index in [-0.39, 0.29) is 19.2 Å². The number of carbonyl (C=O) groups excluding carboxylic acids is 2. The highest BCUT2D eigenvalue weighted by Crippen LogP contribution is 2.11. The van der Waals surface area contributed by atoms with Crippen molar-refractivity contribution in [2.45, 2.75) is 58.7 Å². The van der Waals surface area contributed by atoms with Crippen LogP contribution in [0.2, 0.25) is 0 Å². The summed E-state index contributed by atoms with van der Waals surface area (Å²) in [4.78, 5) is 38.6. The SMILES string of the molecule is CC(C)(C)OC(=O)N(CCCN)CCCCN(CCCNC(=O)OCc1ccccc1)C(=O)O. The molecule has 0 aliphatic heterocycles. The molecule has 192 valence electrons. The molecule has 0 radical (unpaired) electrons. The molecule has 10 heteroatoms. The Morgan fingerprint density at radius 2 is 1.53 bits per heavy atom. The van der Waals surface area contributed by atoms with Crippen LogP contribution in [0.3, 0.4) is 0 Å². The van der Waals surface area contributed by atoms with Crippen LogP contribution in [0, 0.1) is 0 Å². The molecule has 3 amide bonds. The van der Waals surface area contributed by atoms with Crippen LogP contribution in [0.15, 0.2) is 30.3 Å². The Balaban J connectivity index is 2.31. The Hall–Kier alpha value is -3.01. The van der Waals surface area contributed by atoms with Crippen LogP contribution in [0.4, 0.5) is 14.4 Å². The third-order valence-corrected chi connectivity index (χ3v) is 4.75. The number of carboxylic acid groups (broad SMARTS) is 1. The predicted octanol–water partition coefficient (Wildman–Crippen LogP) is 3.65. The van der Waals surface area contributed by atoms with Gasteiger partial charge in [-0.2, -0.15) is 0 Å². The maximum atomic E-state index is 12.4. The molecule has 4 N–H and O–H groups in total. The Kier molecular flexibility index (Phi) is 13.5. The first-order chi connectivity index (χ1) is 16.1. The monoisotopic (exact) mass is 480 g/mol. The largest absolute Gasteiger partial charge is 0.465 e. The Morgan fingerprint density at radius 1 is 0.941 bits per heavy atom. The Bertz CT molecular complexity index is 739. The summed E-state index contributed by atoms with van der Waals surface area (Å²) in [6, 6.07) is 9.35. The number of nitrogens with zero attached hydrogens (tertiary/aromatic N) is 2. The van der Waals surface area contributed by atoms with Crippen molar-refractivity contribution in [2.75, 3.05) is 39.3 Å². The van der Waals surface area contributed by atoms with Gasteiger partial charge in [0, 0.05) is 32.7 Å². The first-order valence-electron chi connectivity index (χ1n) is 11.7. The van der Waals surface area contributed by atoms with Crippen LogP contribution in [0.25, 0.3) is 0 Å². The number of alkyl carbamates (subject to hydrolysis) is 1. The van der Waals surface area contributed by atoms with Gasteiger partial charge in [0.15, 0.2) is 0 Å². The molecule has 0 saturated carbocycles. The second-order valence-electron chi connectivity index (χ2n) is 8.93. The van der Waals surface area contributed by atoms with E-state index in [1.165, 1.54) is 4.90 Å². The first kappa shape index (κ1) is 29.0. The molecular formula is C24H40N4O6. The molecule has 1 aromatic carbocycles. The van der Waals surface area contributed by atoms with Gasteiger partial charge in [-0.05, 0) is 58.6 Å². The predicted molar refractivity (Wildman–Crippen MR) is 130 cm³/mol. The normalized spacial score (nSPS) is 10.9. The fourth-order valence-electron chi connectivity index (χ4n) is 3.05. The lowest BCUT2D eigenvalue weighted by Gasteiger charge is -2.27. The topological polar surface area (TPSA) is 134 Å². The molecule has 1 rings (SSSR count). The van der Waals surface area contributed by atoms with E-state index in [9.17, 15) is 19.5 Å². The van der Waals surface area contributed by atoms with E-state index in [1.807, 2.05) is 51.1 Å². The number of ether oxygens (including phenoxy) is 2. The van der Waals surface area contributed by atoms with Gasteiger partial charge in [0.25, 0.3) is 0 Å². The minimum absolute atomic E-state index is 0.180. The number of carbonyl (C=O) groups is 3. The minimum Gasteiger partial charge on any atom is -0.465 e. The molecule has 0 atom stereocenters. The second kappa shape index (κ2) is 15.8. The summed E-state index contributed by atoms with van der Waals surface area (Å²) in [7, 11) is 0. The molecule has 1 aromatic rings. The van der Waals surface area contributed by atoms with Gasteiger partial charge in [-0.25, -0.2) is 14.4 Å². The second-order valence-corrected chi connectivity index (χ2v) is 8.93.